The maximum Gasteiger partial charge on any atom is 0.435 e. The number of alkyl halides is 3. The Morgan fingerprint density at radius 1 is 1.38 bits per heavy atom. The van der Waals surface area contributed by atoms with Crippen LogP contribution in [0.15, 0.2) is 0 Å². The lowest BCUT2D eigenvalue weighted by Crippen LogP contribution is -2.10. The fourth-order valence-electron chi connectivity index (χ4n) is 1.51. The van der Waals surface area contributed by atoms with Crippen molar-refractivity contribution in [2.45, 2.75) is 26.1 Å². The minimum absolute atomic E-state index is 0.116. The minimum atomic E-state index is -4.53. The lowest BCUT2D eigenvalue weighted by atomic mass is 10.3. The van der Waals surface area contributed by atoms with Crippen molar-refractivity contribution in [3.05, 3.63) is 5.69 Å². The van der Waals surface area contributed by atoms with E-state index in [1.807, 2.05) is 0 Å². The molecular formula is C8H10F3N5. The van der Waals surface area contributed by atoms with Crippen LogP contribution in [0.25, 0.3) is 11.0 Å². The summed E-state index contributed by atoms with van der Waals surface area (Å²) >= 11 is 0. The van der Waals surface area contributed by atoms with Gasteiger partial charge < -0.3 is 5.73 Å². The first kappa shape index (κ1) is 10.8. The standard InChI is InChI=1S/C8H10F3N5/c1-3(2)16-7-4(6(12)13-14-7)5(15-16)8(9,10)11/h3H,1-2H3,(H3,12,13,14). The van der Waals surface area contributed by atoms with E-state index in [9.17, 15) is 13.2 Å². The summed E-state index contributed by atoms with van der Waals surface area (Å²) in [6, 6.07) is -0.221. The Bertz CT molecular complexity index is 521. The fourth-order valence-corrected chi connectivity index (χ4v) is 1.51. The van der Waals surface area contributed by atoms with Crippen molar-refractivity contribution >= 4 is 16.9 Å². The molecule has 0 spiro atoms. The zero-order chi connectivity index (χ0) is 12.1. The number of H-pyrrole nitrogens is 1. The molecule has 2 rings (SSSR count). The first-order chi connectivity index (χ1) is 7.32. The van der Waals surface area contributed by atoms with Gasteiger partial charge in [0.25, 0.3) is 0 Å². The summed E-state index contributed by atoms with van der Waals surface area (Å²) in [6.07, 6.45) is -4.53. The highest BCUT2D eigenvalue weighted by Crippen LogP contribution is 2.36. The van der Waals surface area contributed by atoms with Gasteiger partial charge in [-0.05, 0) is 13.8 Å². The first-order valence-corrected chi connectivity index (χ1v) is 4.61. The summed E-state index contributed by atoms with van der Waals surface area (Å²) in [5, 5.41) is 9.40. The summed E-state index contributed by atoms with van der Waals surface area (Å²) in [4.78, 5) is 0. The van der Waals surface area contributed by atoms with Gasteiger partial charge in [0, 0.05) is 6.04 Å². The molecule has 0 bridgehead atoms. The molecule has 3 N–H and O–H groups in total. The van der Waals surface area contributed by atoms with Crippen molar-refractivity contribution in [3.8, 4) is 0 Å². The fraction of sp³-hybridized carbons (Fsp3) is 0.500. The van der Waals surface area contributed by atoms with Crippen LogP contribution in [0.4, 0.5) is 19.0 Å². The summed E-state index contributed by atoms with van der Waals surface area (Å²) in [6.45, 7) is 3.44. The third-order valence-electron chi connectivity index (χ3n) is 2.19. The van der Waals surface area contributed by atoms with Crippen molar-refractivity contribution < 1.29 is 13.2 Å². The Labute approximate surface area is 88.4 Å². The van der Waals surface area contributed by atoms with E-state index in [4.69, 9.17) is 5.73 Å². The lowest BCUT2D eigenvalue weighted by Gasteiger charge is -2.05. The second kappa shape index (κ2) is 3.13. The molecule has 0 aliphatic heterocycles. The molecule has 0 aromatic carbocycles. The summed E-state index contributed by atoms with van der Waals surface area (Å²) < 4.78 is 39.2. The molecule has 8 heteroatoms. The highest BCUT2D eigenvalue weighted by atomic mass is 19.4. The lowest BCUT2D eigenvalue weighted by molar-refractivity contribution is -0.140. The first-order valence-electron chi connectivity index (χ1n) is 4.61. The SMILES string of the molecule is CC(C)n1nc(C(F)(F)F)c2c(N)[nH]nc21. The molecule has 0 saturated carbocycles. The Kier molecular flexibility index (Phi) is 2.11. The molecule has 0 aliphatic carbocycles. The van der Waals surface area contributed by atoms with Crippen molar-refractivity contribution in [3.63, 3.8) is 0 Å². The highest BCUT2D eigenvalue weighted by molar-refractivity contribution is 5.89. The molecule has 0 unspecified atom stereocenters. The number of nitrogens with one attached hydrogen (secondary N) is 1. The molecule has 16 heavy (non-hydrogen) atoms. The highest BCUT2D eigenvalue weighted by Gasteiger charge is 2.39. The maximum atomic E-state index is 12.7. The van der Waals surface area contributed by atoms with Gasteiger partial charge >= 0.3 is 6.18 Å². The maximum absolute atomic E-state index is 12.7. The van der Waals surface area contributed by atoms with E-state index in [0.717, 1.165) is 0 Å². The number of hydrogen-bond acceptors (Lipinski definition) is 3. The van der Waals surface area contributed by atoms with Gasteiger partial charge in [0.05, 0.1) is 5.39 Å². The molecule has 0 radical (unpaired) electrons. The normalized spacial score (nSPS) is 12.9. The number of halogens is 3. The van der Waals surface area contributed by atoms with Crippen molar-refractivity contribution in [1.82, 2.24) is 20.0 Å². The van der Waals surface area contributed by atoms with Gasteiger partial charge in [-0.25, -0.2) is 4.68 Å². The van der Waals surface area contributed by atoms with E-state index < -0.39 is 11.9 Å². The van der Waals surface area contributed by atoms with Gasteiger partial charge in [-0.1, -0.05) is 0 Å². The van der Waals surface area contributed by atoms with Crippen molar-refractivity contribution in [1.29, 1.82) is 0 Å². The van der Waals surface area contributed by atoms with Gasteiger partial charge in [0.15, 0.2) is 11.3 Å². The van der Waals surface area contributed by atoms with E-state index in [2.05, 4.69) is 15.3 Å². The number of hydrogen-bond donors (Lipinski definition) is 2. The Morgan fingerprint density at radius 2 is 2.00 bits per heavy atom. The monoisotopic (exact) mass is 233 g/mol. The number of anilines is 1. The second-order valence-corrected chi connectivity index (χ2v) is 3.72. The average molecular weight is 233 g/mol. The summed E-state index contributed by atoms with van der Waals surface area (Å²) in [7, 11) is 0. The number of aromatic nitrogens is 4. The number of rotatable bonds is 1. The number of aromatic amines is 1. The zero-order valence-corrected chi connectivity index (χ0v) is 8.63. The number of nitrogen functional groups attached to an aromatic ring is 1. The Hall–Kier alpha value is -1.73. The number of fused-ring (bicyclic) bond motifs is 1. The third-order valence-corrected chi connectivity index (χ3v) is 2.19. The van der Waals surface area contributed by atoms with Crippen molar-refractivity contribution in [2.75, 3.05) is 5.73 Å². The molecule has 2 aromatic heterocycles. The van der Waals surface area contributed by atoms with Gasteiger partial charge in [0.2, 0.25) is 0 Å². The van der Waals surface area contributed by atoms with Crippen LogP contribution in [0.5, 0.6) is 0 Å². The largest absolute Gasteiger partial charge is 0.435 e. The molecule has 88 valence electrons. The van der Waals surface area contributed by atoms with Gasteiger partial charge in [-0.2, -0.15) is 23.4 Å². The van der Waals surface area contributed by atoms with Crippen LogP contribution in [0.2, 0.25) is 0 Å². The molecule has 0 atom stereocenters. The van der Waals surface area contributed by atoms with Gasteiger partial charge in [0.1, 0.15) is 5.82 Å². The molecule has 0 amide bonds. The van der Waals surface area contributed by atoms with Crippen LogP contribution in [-0.4, -0.2) is 20.0 Å². The van der Waals surface area contributed by atoms with Crippen LogP contribution < -0.4 is 5.73 Å². The van der Waals surface area contributed by atoms with Crippen LogP contribution >= 0.6 is 0 Å². The molecule has 0 saturated heterocycles. The van der Waals surface area contributed by atoms with Crippen LogP contribution in [0.1, 0.15) is 25.6 Å². The topological polar surface area (TPSA) is 72.5 Å². The molecule has 0 aliphatic rings. The molecule has 2 aromatic rings. The van der Waals surface area contributed by atoms with Crippen LogP contribution in [-0.2, 0) is 6.18 Å². The summed E-state index contributed by atoms with van der Waals surface area (Å²) in [5.74, 6) is -0.116. The summed E-state index contributed by atoms with van der Waals surface area (Å²) in [5.41, 5.74) is 4.54. The van der Waals surface area contributed by atoms with Gasteiger partial charge in [-0.3, -0.25) is 5.10 Å². The quantitative estimate of drug-likeness (QED) is 0.790. The van der Waals surface area contributed by atoms with E-state index in [1.165, 1.54) is 4.68 Å². The van der Waals surface area contributed by atoms with Gasteiger partial charge in [-0.15, -0.1) is 0 Å². The van der Waals surface area contributed by atoms with Crippen molar-refractivity contribution in [2.24, 2.45) is 0 Å². The molecular weight excluding hydrogens is 223 g/mol. The number of nitrogens with two attached hydrogens (primary N) is 1. The smallest absolute Gasteiger partial charge is 0.383 e. The van der Waals surface area contributed by atoms with E-state index in [-0.39, 0.29) is 22.9 Å². The predicted molar refractivity (Wildman–Crippen MR) is 51.7 cm³/mol. The molecule has 2 heterocycles. The zero-order valence-electron chi connectivity index (χ0n) is 8.63. The van der Waals surface area contributed by atoms with E-state index in [1.54, 1.807) is 13.8 Å². The third kappa shape index (κ3) is 1.41. The van der Waals surface area contributed by atoms with E-state index >= 15 is 0 Å². The molecule has 5 nitrogen and oxygen atoms in total. The minimum Gasteiger partial charge on any atom is -0.383 e. The van der Waals surface area contributed by atoms with E-state index in [0.29, 0.717) is 0 Å². The Balaban J connectivity index is 2.79. The predicted octanol–water partition coefficient (Wildman–Crippen LogP) is 1.94. The Morgan fingerprint density at radius 3 is 2.50 bits per heavy atom. The average Bonchev–Trinajstić information content (AvgIpc) is 2.65. The van der Waals surface area contributed by atoms with Crippen LogP contribution in [0, 0.1) is 0 Å². The van der Waals surface area contributed by atoms with Crippen LogP contribution in [0.3, 0.4) is 0 Å². The second-order valence-electron chi connectivity index (χ2n) is 3.72. The molecule has 0 fully saturated rings. The number of nitrogens with zero attached hydrogens (tertiary/aromatic N) is 3.